The van der Waals surface area contributed by atoms with Crippen molar-refractivity contribution in [3.05, 3.63) is 41.3 Å². The molecule has 4 nitrogen and oxygen atoms in total. The molecule has 2 aromatic rings. The highest BCUT2D eigenvalue weighted by molar-refractivity contribution is 5.37. The Hall–Kier alpha value is -2.17. The first-order valence-electron chi connectivity index (χ1n) is 5.55. The summed E-state index contributed by atoms with van der Waals surface area (Å²) in [4.78, 5) is 7.67. The van der Waals surface area contributed by atoms with Gasteiger partial charge in [-0.15, -0.1) is 0 Å². The third-order valence-corrected chi connectivity index (χ3v) is 2.63. The van der Waals surface area contributed by atoms with Crippen LogP contribution in [0.1, 0.15) is 11.1 Å². The van der Waals surface area contributed by atoms with E-state index in [1.807, 2.05) is 26.0 Å². The Morgan fingerprint density at radius 3 is 2.67 bits per heavy atom. The van der Waals surface area contributed by atoms with Gasteiger partial charge >= 0.3 is 0 Å². The average molecular weight is 247 g/mol. The molecule has 1 aromatic carbocycles. The molecule has 1 N–H and O–H groups in total. The number of hydrogen-bond donors (Lipinski definition) is 1. The first kappa shape index (κ1) is 12.3. The number of hydrogen-bond acceptors (Lipinski definition) is 4. The van der Waals surface area contributed by atoms with Crippen molar-refractivity contribution < 1.29 is 9.13 Å². The zero-order valence-corrected chi connectivity index (χ0v) is 10.5. The third kappa shape index (κ3) is 2.56. The smallest absolute Gasteiger partial charge is 0.260 e. The minimum Gasteiger partial charge on any atom is -0.436 e. The van der Waals surface area contributed by atoms with Crippen LogP contribution < -0.4 is 10.1 Å². The van der Waals surface area contributed by atoms with Crippen LogP contribution in [0.25, 0.3) is 0 Å². The van der Waals surface area contributed by atoms with E-state index < -0.39 is 5.82 Å². The maximum absolute atomic E-state index is 13.5. The molecule has 1 heterocycles. The van der Waals surface area contributed by atoms with Crippen LogP contribution >= 0.6 is 0 Å². The SMILES string of the molecule is CNc1ncc(F)c(Oc2ccc(C)c(C)c2)n1. The van der Waals surface area contributed by atoms with Gasteiger partial charge in [-0.05, 0) is 37.1 Å². The zero-order valence-electron chi connectivity index (χ0n) is 10.5. The fraction of sp³-hybridized carbons (Fsp3) is 0.231. The van der Waals surface area contributed by atoms with Crippen LogP contribution in [-0.2, 0) is 0 Å². The number of anilines is 1. The molecule has 0 fully saturated rings. The van der Waals surface area contributed by atoms with Crippen molar-refractivity contribution in [1.82, 2.24) is 9.97 Å². The molecule has 18 heavy (non-hydrogen) atoms. The van der Waals surface area contributed by atoms with E-state index in [0.717, 1.165) is 17.3 Å². The van der Waals surface area contributed by atoms with Gasteiger partial charge < -0.3 is 10.1 Å². The van der Waals surface area contributed by atoms with Gasteiger partial charge in [-0.25, -0.2) is 4.98 Å². The van der Waals surface area contributed by atoms with Crippen LogP contribution in [0, 0.1) is 19.7 Å². The molecule has 0 saturated heterocycles. The molecular formula is C13H14FN3O. The number of aromatic nitrogens is 2. The number of benzene rings is 1. The van der Waals surface area contributed by atoms with Gasteiger partial charge in [0.05, 0.1) is 6.20 Å². The normalized spacial score (nSPS) is 10.2. The molecular weight excluding hydrogens is 233 g/mol. The Labute approximate surface area is 105 Å². The van der Waals surface area contributed by atoms with Crippen molar-refractivity contribution in [2.75, 3.05) is 12.4 Å². The van der Waals surface area contributed by atoms with Gasteiger partial charge in [0.1, 0.15) is 5.75 Å². The molecule has 94 valence electrons. The van der Waals surface area contributed by atoms with Gasteiger partial charge in [0, 0.05) is 7.05 Å². The van der Waals surface area contributed by atoms with E-state index in [-0.39, 0.29) is 5.88 Å². The van der Waals surface area contributed by atoms with Crippen LogP contribution in [0.4, 0.5) is 10.3 Å². The molecule has 2 rings (SSSR count). The molecule has 0 aliphatic carbocycles. The zero-order chi connectivity index (χ0) is 13.1. The molecule has 0 aliphatic heterocycles. The largest absolute Gasteiger partial charge is 0.436 e. The van der Waals surface area contributed by atoms with Gasteiger partial charge in [0.15, 0.2) is 0 Å². The van der Waals surface area contributed by atoms with Crippen LogP contribution in [0.2, 0.25) is 0 Å². The molecule has 0 atom stereocenters. The maximum Gasteiger partial charge on any atom is 0.260 e. The average Bonchev–Trinajstić information content (AvgIpc) is 2.36. The van der Waals surface area contributed by atoms with Gasteiger partial charge in [0.25, 0.3) is 5.88 Å². The summed E-state index contributed by atoms with van der Waals surface area (Å²) in [6, 6.07) is 5.54. The second kappa shape index (κ2) is 5.00. The lowest BCUT2D eigenvalue weighted by Gasteiger charge is -2.08. The van der Waals surface area contributed by atoms with Crippen LogP contribution in [0.15, 0.2) is 24.4 Å². The quantitative estimate of drug-likeness (QED) is 0.905. The first-order chi connectivity index (χ1) is 8.60. The van der Waals surface area contributed by atoms with E-state index in [2.05, 4.69) is 15.3 Å². The van der Waals surface area contributed by atoms with Crippen LogP contribution in [0.5, 0.6) is 11.6 Å². The Morgan fingerprint density at radius 1 is 1.22 bits per heavy atom. The number of rotatable bonds is 3. The Bertz CT molecular complexity index is 572. The van der Waals surface area contributed by atoms with Crippen LogP contribution in [0.3, 0.4) is 0 Å². The second-order valence-electron chi connectivity index (χ2n) is 3.94. The lowest BCUT2D eigenvalue weighted by atomic mass is 10.1. The first-order valence-corrected chi connectivity index (χ1v) is 5.55. The molecule has 0 bridgehead atoms. The van der Waals surface area contributed by atoms with E-state index in [0.29, 0.717) is 11.7 Å². The van der Waals surface area contributed by atoms with E-state index in [4.69, 9.17) is 4.74 Å². The summed E-state index contributed by atoms with van der Waals surface area (Å²) in [5, 5.41) is 2.73. The van der Waals surface area contributed by atoms with Gasteiger partial charge in [-0.1, -0.05) is 6.07 Å². The van der Waals surface area contributed by atoms with Crippen molar-refractivity contribution in [3.8, 4) is 11.6 Å². The van der Waals surface area contributed by atoms with E-state index >= 15 is 0 Å². The molecule has 1 aromatic heterocycles. The lowest BCUT2D eigenvalue weighted by Crippen LogP contribution is -2.00. The molecule has 0 amide bonds. The monoisotopic (exact) mass is 247 g/mol. The predicted molar refractivity (Wildman–Crippen MR) is 67.5 cm³/mol. The number of aryl methyl sites for hydroxylation is 2. The fourth-order valence-corrected chi connectivity index (χ4v) is 1.43. The molecule has 0 spiro atoms. The Morgan fingerprint density at radius 2 is 2.00 bits per heavy atom. The molecule has 0 saturated carbocycles. The summed E-state index contributed by atoms with van der Waals surface area (Å²) in [7, 11) is 1.66. The van der Waals surface area contributed by atoms with E-state index in [9.17, 15) is 4.39 Å². The summed E-state index contributed by atoms with van der Waals surface area (Å²) in [5.74, 6) is 0.192. The van der Waals surface area contributed by atoms with Crippen molar-refractivity contribution in [2.24, 2.45) is 0 Å². The topological polar surface area (TPSA) is 47.0 Å². The van der Waals surface area contributed by atoms with Gasteiger partial charge in [-0.2, -0.15) is 9.37 Å². The van der Waals surface area contributed by atoms with Crippen molar-refractivity contribution in [3.63, 3.8) is 0 Å². The van der Waals surface area contributed by atoms with Gasteiger partial charge in [0.2, 0.25) is 11.8 Å². The summed E-state index contributed by atoms with van der Waals surface area (Å²) in [6.45, 7) is 3.97. The summed E-state index contributed by atoms with van der Waals surface area (Å²) < 4.78 is 18.9. The highest BCUT2D eigenvalue weighted by Crippen LogP contribution is 2.24. The maximum atomic E-state index is 13.5. The molecule has 0 aliphatic rings. The highest BCUT2D eigenvalue weighted by atomic mass is 19.1. The summed E-state index contributed by atoms with van der Waals surface area (Å²) in [5.41, 5.74) is 2.23. The Balaban J connectivity index is 2.30. The molecule has 0 radical (unpaired) electrons. The third-order valence-electron chi connectivity index (χ3n) is 2.63. The number of ether oxygens (including phenoxy) is 1. The van der Waals surface area contributed by atoms with Crippen molar-refractivity contribution in [2.45, 2.75) is 13.8 Å². The lowest BCUT2D eigenvalue weighted by molar-refractivity contribution is 0.420. The highest BCUT2D eigenvalue weighted by Gasteiger charge is 2.09. The Kier molecular flexibility index (Phi) is 3.41. The number of halogens is 1. The summed E-state index contributed by atoms with van der Waals surface area (Å²) >= 11 is 0. The van der Waals surface area contributed by atoms with Crippen molar-refractivity contribution in [1.29, 1.82) is 0 Å². The van der Waals surface area contributed by atoms with Crippen LogP contribution in [-0.4, -0.2) is 17.0 Å². The van der Waals surface area contributed by atoms with E-state index in [1.54, 1.807) is 13.1 Å². The fourth-order valence-electron chi connectivity index (χ4n) is 1.43. The molecule has 5 heteroatoms. The summed E-state index contributed by atoms with van der Waals surface area (Å²) in [6.07, 6.45) is 1.08. The minimum absolute atomic E-state index is 0.0856. The van der Waals surface area contributed by atoms with E-state index in [1.165, 1.54) is 0 Å². The second-order valence-corrected chi connectivity index (χ2v) is 3.94. The molecule has 0 unspecified atom stereocenters. The number of nitrogens with one attached hydrogen (secondary N) is 1. The van der Waals surface area contributed by atoms with Crippen molar-refractivity contribution >= 4 is 5.95 Å². The minimum atomic E-state index is -0.591. The number of nitrogens with zero attached hydrogens (tertiary/aromatic N) is 2. The standard InChI is InChI=1S/C13H14FN3O/c1-8-4-5-10(6-9(8)2)18-12-11(14)7-16-13(15-3)17-12/h4-7H,1-3H3,(H,15,16,17). The van der Waals surface area contributed by atoms with Gasteiger partial charge in [-0.3, -0.25) is 0 Å². The predicted octanol–water partition coefficient (Wildman–Crippen LogP) is 3.07.